The molecule has 116 valence electrons. The van der Waals surface area contributed by atoms with Crippen LogP contribution in [-0.4, -0.2) is 22.9 Å². The van der Waals surface area contributed by atoms with Crippen molar-refractivity contribution in [2.75, 3.05) is 7.11 Å². The van der Waals surface area contributed by atoms with Crippen LogP contribution in [0.2, 0.25) is 0 Å². The zero-order chi connectivity index (χ0) is 16.1. The Morgan fingerprint density at radius 3 is 2.45 bits per heavy atom. The summed E-state index contributed by atoms with van der Waals surface area (Å²) in [4.78, 5) is 11.5. The van der Waals surface area contributed by atoms with Crippen LogP contribution in [0.3, 0.4) is 0 Å². The number of carbonyl (C=O) groups is 1. The molecule has 0 aliphatic rings. The fourth-order valence-corrected chi connectivity index (χ4v) is 2.25. The van der Waals surface area contributed by atoms with Crippen molar-refractivity contribution in [1.29, 1.82) is 0 Å². The normalized spacial score (nSPS) is 11.8. The summed E-state index contributed by atoms with van der Waals surface area (Å²) in [5.74, 6) is 0.00720. The third-order valence-electron chi connectivity index (χ3n) is 3.65. The minimum absolute atomic E-state index is 0.296. The molecule has 1 heterocycles. The number of hydrogen-bond donors (Lipinski definition) is 0. The van der Waals surface area contributed by atoms with Crippen molar-refractivity contribution in [1.82, 2.24) is 9.78 Å². The SMILES string of the molecule is COC(=O)/C=C(/Cc1ccc(-c2cnn(C)c2)cc1)C(C)C. The number of nitrogens with zero attached hydrogens (tertiary/aromatic N) is 2. The van der Waals surface area contributed by atoms with Gasteiger partial charge >= 0.3 is 5.97 Å². The summed E-state index contributed by atoms with van der Waals surface area (Å²) >= 11 is 0. The number of carbonyl (C=O) groups excluding carboxylic acids is 1. The zero-order valence-electron chi connectivity index (χ0n) is 13.5. The van der Waals surface area contributed by atoms with E-state index in [4.69, 9.17) is 4.74 Å². The predicted octanol–water partition coefficient (Wildman–Crippen LogP) is 3.39. The highest BCUT2D eigenvalue weighted by Crippen LogP contribution is 2.21. The fourth-order valence-electron chi connectivity index (χ4n) is 2.25. The van der Waals surface area contributed by atoms with Gasteiger partial charge in [0.25, 0.3) is 0 Å². The number of ether oxygens (including phenoxy) is 1. The first-order chi connectivity index (χ1) is 10.5. The molecule has 4 nitrogen and oxygen atoms in total. The second kappa shape index (κ2) is 7.07. The minimum Gasteiger partial charge on any atom is -0.466 e. The molecule has 2 aromatic rings. The van der Waals surface area contributed by atoms with E-state index in [1.165, 1.54) is 12.7 Å². The summed E-state index contributed by atoms with van der Waals surface area (Å²) in [5.41, 5.74) is 4.49. The number of rotatable bonds is 5. The Bertz CT molecular complexity index is 667. The molecule has 4 heteroatoms. The average molecular weight is 298 g/mol. The molecule has 1 aromatic carbocycles. The molecule has 1 aromatic heterocycles. The van der Waals surface area contributed by atoms with Crippen LogP contribution in [0.25, 0.3) is 11.1 Å². The molecular formula is C18H22N2O2. The summed E-state index contributed by atoms with van der Waals surface area (Å²) in [7, 11) is 3.31. The second-order valence-electron chi connectivity index (χ2n) is 5.67. The Morgan fingerprint density at radius 2 is 1.95 bits per heavy atom. The lowest BCUT2D eigenvalue weighted by molar-refractivity contribution is -0.134. The summed E-state index contributed by atoms with van der Waals surface area (Å²) in [6.07, 6.45) is 6.19. The van der Waals surface area contributed by atoms with E-state index >= 15 is 0 Å². The molecule has 0 spiro atoms. The number of hydrogen-bond acceptors (Lipinski definition) is 3. The maximum Gasteiger partial charge on any atom is 0.330 e. The topological polar surface area (TPSA) is 44.1 Å². The number of methoxy groups -OCH3 is 1. The van der Waals surface area contributed by atoms with E-state index in [1.54, 1.807) is 10.8 Å². The van der Waals surface area contributed by atoms with Crippen LogP contribution in [-0.2, 0) is 23.0 Å². The van der Waals surface area contributed by atoms with Crippen molar-refractivity contribution >= 4 is 5.97 Å². The smallest absolute Gasteiger partial charge is 0.330 e. The number of esters is 1. The molecule has 0 bridgehead atoms. The molecule has 0 saturated carbocycles. The van der Waals surface area contributed by atoms with E-state index in [9.17, 15) is 4.79 Å². The lowest BCUT2D eigenvalue weighted by Gasteiger charge is -2.11. The van der Waals surface area contributed by atoms with Crippen molar-refractivity contribution in [2.45, 2.75) is 20.3 Å². The molecule has 22 heavy (non-hydrogen) atoms. The third-order valence-corrected chi connectivity index (χ3v) is 3.65. The summed E-state index contributed by atoms with van der Waals surface area (Å²) < 4.78 is 6.51. The van der Waals surface area contributed by atoms with E-state index in [0.717, 1.165) is 23.1 Å². The Kier molecular flexibility index (Phi) is 5.15. The molecule has 0 fully saturated rings. The van der Waals surface area contributed by atoms with Gasteiger partial charge in [-0.15, -0.1) is 0 Å². The maximum atomic E-state index is 11.5. The van der Waals surface area contributed by atoms with Crippen LogP contribution < -0.4 is 0 Å². The van der Waals surface area contributed by atoms with Crippen LogP contribution in [0.1, 0.15) is 19.4 Å². The highest BCUT2D eigenvalue weighted by Gasteiger charge is 2.08. The van der Waals surface area contributed by atoms with Gasteiger partial charge in [0.05, 0.1) is 13.3 Å². The first-order valence-corrected chi connectivity index (χ1v) is 7.36. The molecule has 0 atom stereocenters. The molecule has 0 N–H and O–H groups in total. The highest BCUT2D eigenvalue weighted by atomic mass is 16.5. The summed E-state index contributed by atoms with van der Waals surface area (Å²) in [5, 5.41) is 4.19. The van der Waals surface area contributed by atoms with Crippen molar-refractivity contribution in [3.63, 3.8) is 0 Å². The first-order valence-electron chi connectivity index (χ1n) is 7.36. The molecule has 0 unspecified atom stereocenters. The molecule has 0 radical (unpaired) electrons. The summed E-state index contributed by atoms with van der Waals surface area (Å²) in [6.45, 7) is 4.16. The molecule has 0 aliphatic heterocycles. The lowest BCUT2D eigenvalue weighted by Crippen LogP contribution is -2.04. The van der Waals surface area contributed by atoms with Gasteiger partial charge in [-0.3, -0.25) is 4.68 Å². The van der Waals surface area contributed by atoms with Gasteiger partial charge in [0, 0.05) is 24.9 Å². The highest BCUT2D eigenvalue weighted by molar-refractivity contribution is 5.82. The summed E-state index contributed by atoms with van der Waals surface area (Å²) in [6, 6.07) is 8.36. The molecule has 0 aliphatic carbocycles. The number of aromatic nitrogens is 2. The van der Waals surface area contributed by atoms with Gasteiger partial charge in [0.2, 0.25) is 0 Å². The van der Waals surface area contributed by atoms with E-state index in [1.807, 2.05) is 19.4 Å². The minimum atomic E-state index is -0.296. The Hall–Kier alpha value is -2.36. The third kappa shape index (κ3) is 4.07. The maximum absolute atomic E-state index is 11.5. The number of benzene rings is 1. The molecule has 0 amide bonds. The van der Waals surface area contributed by atoms with Gasteiger partial charge in [0.15, 0.2) is 0 Å². The second-order valence-corrected chi connectivity index (χ2v) is 5.67. The molecule has 2 rings (SSSR count). The van der Waals surface area contributed by atoms with Crippen molar-refractivity contribution in [3.8, 4) is 11.1 Å². The number of aryl methyl sites for hydroxylation is 1. The Morgan fingerprint density at radius 1 is 1.27 bits per heavy atom. The van der Waals surface area contributed by atoms with Crippen molar-refractivity contribution in [3.05, 3.63) is 53.9 Å². The molecular weight excluding hydrogens is 276 g/mol. The van der Waals surface area contributed by atoms with Crippen molar-refractivity contribution < 1.29 is 9.53 Å². The van der Waals surface area contributed by atoms with E-state index in [0.29, 0.717) is 5.92 Å². The van der Waals surface area contributed by atoms with Gasteiger partial charge in [-0.05, 0) is 23.5 Å². The van der Waals surface area contributed by atoms with E-state index in [-0.39, 0.29) is 5.97 Å². The van der Waals surface area contributed by atoms with E-state index in [2.05, 4.69) is 43.2 Å². The monoisotopic (exact) mass is 298 g/mol. The first kappa shape index (κ1) is 16.0. The van der Waals surface area contributed by atoms with Gasteiger partial charge in [-0.25, -0.2) is 4.79 Å². The van der Waals surface area contributed by atoms with Crippen LogP contribution in [0, 0.1) is 5.92 Å². The van der Waals surface area contributed by atoms with Crippen LogP contribution in [0.5, 0.6) is 0 Å². The van der Waals surface area contributed by atoms with Gasteiger partial charge in [-0.2, -0.15) is 5.10 Å². The van der Waals surface area contributed by atoms with Gasteiger partial charge in [0.1, 0.15) is 0 Å². The average Bonchev–Trinajstić information content (AvgIpc) is 2.93. The van der Waals surface area contributed by atoms with Gasteiger partial charge < -0.3 is 4.74 Å². The largest absolute Gasteiger partial charge is 0.466 e. The predicted molar refractivity (Wildman–Crippen MR) is 87.3 cm³/mol. The van der Waals surface area contributed by atoms with Crippen LogP contribution >= 0.6 is 0 Å². The zero-order valence-corrected chi connectivity index (χ0v) is 13.5. The van der Waals surface area contributed by atoms with Gasteiger partial charge in [-0.1, -0.05) is 43.7 Å². The van der Waals surface area contributed by atoms with E-state index < -0.39 is 0 Å². The Balaban J connectivity index is 2.16. The number of allylic oxidation sites excluding steroid dienone is 1. The Labute approximate surface area is 131 Å². The van der Waals surface area contributed by atoms with Crippen molar-refractivity contribution in [2.24, 2.45) is 13.0 Å². The molecule has 0 saturated heterocycles. The van der Waals surface area contributed by atoms with Crippen LogP contribution in [0.15, 0.2) is 48.3 Å². The standard InChI is InChI=1S/C18H22N2O2/c1-13(2)16(10-18(21)22-4)9-14-5-7-15(8-6-14)17-11-19-20(3)12-17/h5-8,10-13H,9H2,1-4H3/b16-10-. The lowest BCUT2D eigenvalue weighted by atomic mass is 9.94. The fraction of sp³-hybridized carbons (Fsp3) is 0.333. The quantitative estimate of drug-likeness (QED) is 0.628. The van der Waals surface area contributed by atoms with Crippen LogP contribution in [0.4, 0.5) is 0 Å².